The summed E-state index contributed by atoms with van der Waals surface area (Å²) in [4.78, 5) is 25.8. The number of sulfone groups is 1. The summed E-state index contributed by atoms with van der Waals surface area (Å²) in [6.45, 7) is -0.730. The van der Waals surface area contributed by atoms with Gasteiger partial charge in [-0.15, -0.1) is 0 Å². The van der Waals surface area contributed by atoms with Crippen LogP contribution in [0.25, 0.3) is 0 Å². The van der Waals surface area contributed by atoms with E-state index in [-0.39, 0.29) is 36.1 Å². The van der Waals surface area contributed by atoms with Crippen molar-refractivity contribution in [3.8, 4) is 5.75 Å². The van der Waals surface area contributed by atoms with Crippen molar-refractivity contribution in [2.24, 2.45) is 0 Å². The first-order chi connectivity index (χ1) is 12.3. The number of halogens is 1. The van der Waals surface area contributed by atoms with Gasteiger partial charge in [0, 0.05) is 17.1 Å². The Bertz CT molecular complexity index is 775. The van der Waals surface area contributed by atoms with Crippen molar-refractivity contribution in [2.45, 2.75) is 31.3 Å². The minimum Gasteiger partial charge on any atom is -0.482 e. The van der Waals surface area contributed by atoms with Gasteiger partial charge in [-0.05, 0) is 43.5 Å². The molecule has 9 heteroatoms. The van der Waals surface area contributed by atoms with Crippen molar-refractivity contribution in [3.05, 3.63) is 29.3 Å². The molecule has 1 aromatic rings. The molecule has 2 aliphatic rings. The number of amides is 1. The molecule has 26 heavy (non-hydrogen) atoms. The first kappa shape index (κ1) is 19.0. The standard InChI is InChI=1S/C17H20ClNO6S/c18-12-1-5-15(6-2-12)24-10-17(21)25-9-16(20)19(13-3-4-13)14-7-8-26(22,23)11-14/h1-2,5-6,13-14H,3-4,7-11H2/t14-/m1/s1. The Morgan fingerprint density at radius 1 is 1.08 bits per heavy atom. The zero-order valence-corrected chi connectivity index (χ0v) is 15.7. The highest BCUT2D eigenvalue weighted by molar-refractivity contribution is 7.91. The summed E-state index contributed by atoms with van der Waals surface area (Å²) in [5.74, 6) is -0.461. The highest BCUT2D eigenvalue weighted by Gasteiger charge is 2.42. The zero-order chi connectivity index (χ0) is 18.7. The predicted molar refractivity (Wildman–Crippen MR) is 94.8 cm³/mol. The average molecular weight is 402 g/mol. The fourth-order valence-electron chi connectivity index (χ4n) is 2.98. The highest BCUT2D eigenvalue weighted by Crippen LogP contribution is 2.32. The smallest absolute Gasteiger partial charge is 0.344 e. The van der Waals surface area contributed by atoms with Gasteiger partial charge in [-0.2, -0.15) is 0 Å². The van der Waals surface area contributed by atoms with Gasteiger partial charge in [-0.3, -0.25) is 4.79 Å². The summed E-state index contributed by atoms with van der Waals surface area (Å²) < 4.78 is 33.6. The van der Waals surface area contributed by atoms with Gasteiger partial charge in [0.05, 0.1) is 11.5 Å². The lowest BCUT2D eigenvalue weighted by Crippen LogP contribution is -2.45. The summed E-state index contributed by atoms with van der Waals surface area (Å²) in [5.41, 5.74) is 0. The lowest BCUT2D eigenvalue weighted by atomic mass is 10.2. The molecule has 1 amide bonds. The molecule has 1 saturated carbocycles. The second-order valence-electron chi connectivity index (χ2n) is 6.49. The lowest BCUT2D eigenvalue weighted by molar-refractivity contribution is -0.154. The molecule has 2 fully saturated rings. The van der Waals surface area contributed by atoms with E-state index in [1.54, 1.807) is 29.2 Å². The van der Waals surface area contributed by atoms with Crippen LogP contribution in [0.1, 0.15) is 19.3 Å². The van der Waals surface area contributed by atoms with Crippen molar-refractivity contribution >= 4 is 33.3 Å². The molecule has 7 nitrogen and oxygen atoms in total. The molecule has 1 aliphatic heterocycles. The molecule has 1 atom stereocenters. The predicted octanol–water partition coefficient (Wildman–Crippen LogP) is 1.44. The van der Waals surface area contributed by atoms with Gasteiger partial charge in [0.1, 0.15) is 5.75 Å². The van der Waals surface area contributed by atoms with E-state index in [9.17, 15) is 18.0 Å². The van der Waals surface area contributed by atoms with E-state index in [1.165, 1.54) is 0 Å². The van der Waals surface area contributed by atoms with Crippen LogP contribution >= 0.6 is 11.6 Å². The van der Waals surface area contributed by atoms with E-state index in [0.717, 1.165) is 12.8 Å². The van der Waals surface area contributed by atoms with Crippen LogP contribution in [0.4, 0.5) is 0 Å². The van der Waals surface area contributed by atoms with E-state index < -0.39 is 22.4 Å². The van der Waals surface area contributed by atoms with Gasteiger partial charge in [0.2, 0.25) is 0 Å². The molecule has 142 valence electrons. The molecular formula is C17H20ClNO6S. The maximum atomic E-state index is 12.4. The number of hydrogen-bond acceptors (Lipinski definition) is 6. The van der Waals surface area contributed by atoms with Crippen LogP contribution in [-0.2, 0) is 24.2 Å². The molecule has 0 aromatic heterocycles. The topological polar surface area (TPSA) is 90.0 Å². The maximum absolute atomic E-state index is 12.4. The van der Waals surface area contributed by atoms with E-state index in [2.05, 4.69) is 0 Å². The molecule has 1 saturated heterocycles. The molecule has 1 aromatic carbocycles. The van der Waals surface area contributed by atoms with Crippen LogP contribution in [0.2, 0.25) is 5.02 Å². The first-order valence-corrected chi connectivity index (χ1v) is 10.6. The Balaban J connectivity index is 1.47. The van der Waals surface area contributed by atoms with Crippen molar-refractivity contribution in [2.75, 3.05) is 24.7 Å². The highest BCUT2D eigenvalue weighted by atomic mass is 35.5. The minimum atomic E-state index is -3.08. The third-order valence-corrected chi connectivity index (χ3v) is 6.36. The molecule has 0 spiro atoms. The number of carbonyl (C=O) groups is 2. The van der Waals surface area contributed by atoms with E-state index in [0.29, 0.717) is 17.2 Å². The van der Waals surface area contributed by atoms with Crippen molar-refractivity contribution in [1.82, 2.24) is 4.90 Å². The Morgan fingerprint density at radius 2 is 1.77 bits per heavy atom. The van der Waals surface area contributed by atoms with E-state index >= 15 is 0 Å². The Labute approximate surface area is 157 Å². The normalized spacial score (nSPS) is 21.2. The number of nitrogens with zero attached hydrogens (tertiary/aromatic N) is 1. The number of hydrogen-bond donors (Lipinski definition) is 0. The number of ether oxygens (including phenoxy) is 2. The fourth-order valence-corrected chi connectivity index (χ4v) is 4.82. The van der Waals surface area contributed by atoms with Gasteiger partial charge < -0.3 is 14.4 Å². The molecule has 3 rings (SSSR count). The number of rotatable bonds is 7. The van der Waals surface area contributed by atoms with Crippen molar-refractivity contribution in [3.63, 3.8) is 0 Å². The molecule has 1 aliphatic carbocycles. The number of benzene rings is 1. The summed E-state index contributed by atoms with van der Waals surface area (Å²) in [6, 6.07) is 6.25. The molecule has 1 heterocycles. The van der Waals surface area contributed by atoms with Gasteiger partial charge in [0.15, 0.2) is 23.1 Å². The Hall–Kier alpha value is -1.80. The lowest BCUT2D eigenvalue weighted by Gasteiger charge is -2.28. The second-order valence-corrected chi connectivity index (χ2v) is 9.16. The van der Waals surface area contributed by atoms with Crippen LogP contribution in [0, 0.1) is 0 Å². The van der Waals surface area contributed by atoms with Gasteiger partial charge in [-0.1, -0.05) is 11.6 Å². The number of esters is 1. The minimum absolute atomic E-state index is 0.0110. The van der Waals surface area contributed by atoms with Crippen LogP contribution < -0.4 is 4.74 Å². The van der Waals surface area contributed by atoms with E-state index in [4.69, 9.17) is 21.1 Å². The quantitative estimate of drug-likeness (QED) is 0.642. The van der Waals surface area contributed by atoms with Crippen LogP contribution in [-0.4, -0.2) is 62.0 Å². The third-order valence-electron chi connectivity index (χ3n) is 4.36. The maximum Gasteiger partial charge on any atom is 0.344 e. The van der Waals surface area contributed by atoms with Gasteiger partial charge >= 0.3 is 5.97 Å². The van der Waals surface area contributed by atoms with Crippen molar-refractivity contribution in [1.29, 1.82) is 0 Å². The van der Waals surface area contributed by atoms with Crippen LogP contribution in [0.5, 0.6) is 5.75 Å². The Kier molecular flexibility index (Phi) is 5.72. The SMILES string of the molecule is O=C(COc1ccc(Cl)cc1)OCC(=O)N(C1CC1)[C@@H]1CCS(=O)(=O)C1. The summed E-state index contributed by atoms with van der Waals surface area (Å²) in [6.07, 6.45) is 2.16. The van der Waals surface area contributed by atoms with Crippen LogP contribution in [0.15, 0.2) is 24.3 Å². The molecular weight excluding hydrogens is 382 g/mol. The molecule has 0 unspecified atom stereocenters. The molecule has 0 bridgehead atoms. The average Bonchev–Trinajstić information content (AvgIpc) is 3.36. The van der Waals surface area contributed by atoms with E-state index in [1.807, 2.05) is 0 Å². The molecule has 0 radical (unpaired) electrons. The summed E-state index contributed by atoms with van der Waals surface area (Å²) >= 11 is 5.76. The third kappa shape index (κ3) is 5.11. The second kappa shape index (κ2) is 7.84. The summed E-state index contributed by atoms with van der Waals surface area (Å²) in [7, 11) is -3.08. The van der Waals surface area contributed by atoms with Gasteiger partial charge in [0.25, 0.3) is 5.91 Å². The monoisotopic (exact) mass is 401 g/mol. The molecule has 0 N–H and O–H groups in total. The van der Waals surface area contributed by atoms with Gasteiger partial charge in [-0.25, -0.2) is 13.2 Å². The van der Waals surface area contributed by atoms with Crippen LogP contribution in [0.3, 0.4) is 0 Å². The largest absolute Gasteiger partial charge is 0.482 e. The van der Waals surface area contributed by atoms with Crippen molar-refractivity contribution < 1.29 is 27.5 Å². The first-order valence-electron chi connectivity index (χ1n) is 8.39. The Morgan fingerprint density at radius 3 is 2.35 bits per heavy atom. The zero-order valence-electron chi connectivity index (χ0n) is 14.1. The summed E-state index contributed by atoms with van der Waals surface area (Å²) in [5, 5.41) is 0.555. The fraction of sp³-hybridized carbons (Fsp3) is 0.529. The number of carbonyl (C=O) groups excluding carboxylic acids is 2.